The van der Waals surface area contributed by atoms with Gasteiger partial charge < -0.3 is 15.2 Å². The largest absolute Gasteiger partial charge is 0.462 e. The van der Waals surface area contributed by atoms with E-state index in [0.29, 0.717) is 6.47 Å². The van der Waals surface area contributed by atoms with Crippen molar-refractivity contribution in [2.24, 2.45) is 5.73 Å². The molecule has 0 aliphatic carbocycles. The van der Waals surface area contributed by atoms with Crippen LogP contribution in [0, 0.1) is 0 Å². The SMILES string of the molecule is CC(C)(C)OC=O.NCCC12CN1CCO2. The van der Waals surface area contributed by atoms with Crippen molar-refractivity contribution in [2.45, 2.75) is 38.5 Å². The highest BCUT2D eigenvalue weighted by Gasteiger charge is 2.55. The summed E-state index contributed by atoms with van der Waals surface area (Å²) in [4.78, 5) is 11.9. The average molecular weight is 230 g/mol. The number of carbonyl (C=O) groups excluding carboxylic acids is 1. The summed E-state index contributed by atoms with van der Waals surface area (Å²) in [6, 6.07) is 0. The molecule has 2 saturated heterocycles. The summed E-state index contributed by atoms with van der Waals surface area (Å²) in [5.74, 6) is 0. The fourth-order valence-corrected chi connectivity index (χ4v) is 1.71. The number of nitrogens with zero attached hydrogens (tertiary/aromatic N) is 1. The fraction of sp³-hybridized carbons (Fsp3) is 0.909. The maximum absolute atomic E-state index is 9.60. The van der Waals surface area contributed by atoms with Crippen LogP contribution in [0.2, 0.25) is 0 Å². The maximum Gasteiger partial charge on any atom is 0.293 e. The van der Waals surface area contributed by atoms with Gasteiger partial charge >= 0.3 is 0 Å². The standard InChI is InChI=1S/C6H12N2O.C5H10O2/c7-2-1-6-5-8(6)3-4-9-6;1-5(2,3)7-4-6/h1-5,7H2;4H,1-3H3. The molecule has 0 aromatic heterocycles. The number of hydrogen-bond donors (Lipinski definition) is 1. The van der Waals surface area contributed by atoms with E-state index in [0.717, 1.165) is 32.7 Å². The molecule has 0 amide bonds. The Morgan fingerprint density at radius 2 is 2.25 bits per heavy atom. The Morgan fingerprint density at radius 3 is 2.50 bits per heavy atom. The second-order valence-corrected chi connectivity index (χ2v) is 5.08. The Morgan fingerprint density at radius 1 is 1.56 bits per heavy atom. The van der Waals surface area contributed by atoms with Gasteiger partial charge in [-0.3, -0.25) is 9.69 Å². The van der Waals surface area contributed by atoms with Gasteiger partial charge in [0.2, 0.25) is 0 Å². The highest BCUT2D eigenvalue weighted by molar-refractivity contribution is 5.37. The Bertz CT molecular complexity index is 240. The highest BCUT2D eigenvalue weighted by atomic mass is 16.5. The zero-order valence-electron chi connectivity index (χ0n) is 10.4. The summed E-state index contributed by atoms with van der Waals surface area (Å²) in [6.45, 7) is 9.80. The lowest BCUT2D eigenvalue weighted by Gasteiger charge is -2.14. The Kier molecular flexibility index (Phi) is 4.29. The van der Waals surface area contributed by atoms with Crippen molar-refractivity contribution >= 4 is 6.47 Å². The Labute approximate surface area is 96.9 Å². The van der Waals surface area contributed by atoms with E-state index >= 15 is 0 Å². The molecule has 2 fully saturated rings. The maximum atomic E-state index is 9.60. The normalized spacial score (nSPS) is 31.1. The molecule has 0 aromatic rings. The van der Waals surface area contributed by atoms with Crippen molar-refractivity contribution in [2.75, 3.05) is 26.2 Å². The van der Waals surface area contributed by atoms with Crippen molar-refractivity contribution in [1.29, 1.82) is 0 Å². The Hall–Kier alpha value is -0.650. The molecule has 0 spiro atoms. The first kappa shape index (κ1) is 13.4. The number of morpholine rings is 1. The second kappa shape index (κ2) is 5.12. The lowest BCUT2D eigenvalue weighted by Crippen LogP contribution is -2.19. The van der Waals surface area contributed by atoms with Crippen molar-refractivity contribution in [3.63, 3.8) is 0 Å². The molecule has 2 aliphatic rings. The average Bonchev–Trinajstić information content (AvgIpc) is 2.67. The second-order valence-electron chi connectivity index (χ2n) is 5.08. The molecule has 2 unspecified atom stereocenters. The van der Waals surface area contributed by atoms with E-state index in [-0.39, 0.29) is 11.3 Å². The predicted octanol–water partition coefficient (Wildman–Crippen LogP) is 0.335. The van der Waals surface area contributed by atoms with Gasteiger partial charge in [-0.1, -0.05) is 0 Å². The molecule has 94 valence electrons. The van der Waals surface area contributed by atoms with E-state index in [9.17, 15) is 4.79 Å². The molecular formula is C11H22N2O3. The summed E-state index contributed by atoms with van der Waals surface area (Å²) in [7, 11) is 0. The number of fused-ring (bicyclic) bond motifs is 1. The summed E-state index contributed by atoms with van der Waals surface area (Å²) in [5, 5.41) is 0. The summed E-state index contributed by atoms with van der Waals surface area (Å²) >= 11 is 0. The molecule has 2 atom stereocenters. The van der Waals surface area contributed by atoms with Gasteiger partial charge in [-0.15, -0.1) is 0 Å². The zero-order chi connectivity index (χ0) is 12.2. The molecule has 2 rings (SSSR count). The third-order valence-corrected chi connectivity index (χ3v) is 2.58. The topological polar surface area (TPSA) is 64.6 Å². The van der Waals surface area contributed by atoms with E-state index in [1.54, 1.807) is 0 Å². The predicted molar refractivity (Wildman–Crippen MR) is 60.8 cm³/mol. The molecule has 0 radical (unpaired) electrons. The van der Waals surface area contributed by atoms with Crippen LogP contribution in [-0.4, -0.2) is 48.9 Å². The highest BCUT2D eigenvalue weighted by Crippen LogP contribution is 2.40. The number of hydrogen-bond acceptors (Lipinski definition) is 5. The van der Waals surface area contributed by atoms with Crippen LogP contribution in [0.1, 0.15) is 27.2 Å². The first-order valence-electron chi connectivity index (χ1n) is 5.64. The number of ether oxygens (including phenoxy) is 2. The fourth-order valence-electron chi connectivity index (χ4n) is 1.71. The van der Waals surface area contributed by atoms with Gasteiger partial charge in [0, 0.05) is 19.5 Å². The van der Waals surface area contributed by atoms with Gasteiger partial charge in [-0.2, -0.15) is 0 Å². The van der Waals surface area contributed by atoms with Crippen molar-refractivity contribution < 1.29 is 14.3 Å². The third-order valence-electron chi connectivity index (χ3n) is 2.58. The smallest absolute Gasteiger partial charge is 0.293 e. The summed E-state index contributed by atoms with van der Waals surface area (Å²) in [6.07, 6.45) is 1.01. The first-order valence-corrected chi connectivity index (χ1v) is 5.64. The molecule has 2 N–H and O–H groups in total. The van der Waals surface area contributed by atoms with Crippen LogP contribution in [0.25, 0.3) is 0 Å². The summed E-state index contributed by atoms with van der Waals surface area (Å²) in [5.41, 5.74) is 5.22. The van der Waals surface area contributed by atoms with Gasteiger partial charge in [0.1, 0.15) is 11.3 Å². The third kappa shape index (κ3) is 3.73. The molecule has 0 aromatic carbocycles. The van der Waals surface area contributed by atoms with Crippen LogP contribution >= 0.6 is 0 Å². The molecular weight excluding hydrogens is 208 g/mol. The molecule has 2 heterocycles. The monoisotopic (exact) mass is 230 g/mol. The van der Waals surface area contributed by atoms with Crippen LogP contribution in [0.3, 0.4) is 0 Å². The van der Waals surface area contributed by atoms with Crippen molar-refractivity contribution in [3.8, 4) is 0 Å². The minimum Gasteiger partial charge on any atom is -0.462 e. The molecule has 5 heteroatoms. The van der Waals surface area contributed by atoms with Gasteiger partial charge in [0.25, 0.3) is 6.47 Å². The van der Waals surface area contributed by atoms with Crippen molar-refractivity contribution in [3.05, 3.63) is 0 Å². The van der Waals surface area contributed by atoms with E-state index in [1.807, 2.05) is 20.8 Å². The first-order chi connectivity index (χ1) is 7.43. The zero-order valence-corrected chi connectivity index (χ0v) is 10.4. The quantitative estimate of drug-likeness (QED) is 0.559. The molecule has 0 saturated carbocycles. The molecule has 5 nitrogen and oxygen atoms in total. The molecule has 2 aliphatic heterocycles. The van der Waals surface area contributed by atoms with Crippen LogP contribution in [-0.2, 0) is 14.3 Å². The van der Waals surface area contributed by atoms with Gasteiger partial charge in [-0.05, 0) is 27.3 Å². The minimum absolute atomic E-state index is 0.120. The van der Waals surface area contributed by atoms with Gasteiger partial charge in [0.15, 0.2) is 0 Å². The number of rotatable bonds is 3. The lowest BCUT2D eigenvalue weighted by atomic mass is 10.2. The van der Waals surface area contributed by atoms with Gasteiger partial charge in [0.05, 0.1) is 6.61 Å². The lowest BCUT2D eigenvalue weighted by molar-refractivity contribution is -0.138. The minimum atomic E-state index is -0.318. The van der Waals surface area contributed by atoms with E-state index in [2.05, 4.69) is 9.64 Å². The van der Waals surface area contributed by atoms with Gasteiger partial charge in [-0.25, -0.2) is 0 Å². The van der Waals surface area contributed by atoms with E-state index < -0.39 is 0 Å². The van der Waals surface area contributed by atoms with Crippen LogP contribution in [0.15, 0.2) is 0 Å². The van der Waals surface area contributed by atoms with Crippen LogP contribution < -0.4 is 5.73 Å². The van der Waals surface area contributed by atoms with Crippen LogP contribution in [0.4, 0.5) is 0 Å². The number of nitrogens with two attached hydrogens (primary N) is 1. The van der Waals surface area contributed by atoms with Crippen molar-refractivity contribution in [1.82, 2.24) is 4.90 Å². The van der Waals surface area contributed by atoms with E-state index in [4.69, 9.17) is 10.5 Å². The van der Waals surface area contributed by atoms with Crippen LogP contribution in [0.5, 0.6) is 0 Å². The molecule has 16 heavy (non-hydrogen) atoms. The molecule has 0 bridgehead atoms. The number of carbonyl (C=O) groups is 1. The Balaban J connectivity index is 0.000000168. The van der Waals surface area contributed by atoms with E-state index in [1.165, 1.54) is 0 Å². The summed E-state index contributed by atoms with van der Waals surface area (Å²) < 4.78 is 10.0.